The fourth-order valence-corrected chi connectivity index (χ4v) is 12.0. The molecule has 0 aliphatic carbocycles. The lowest BCUT2D eigenvalue weighted by Gasteiger charge is -2.24. The Kier molecular flexibility index (Phi) is 17.0. The summed E-state index contributed by atoms with van der Waals surface area (Å²) in [6.45, 7) is 41.1. The number of nitrogens with one attached hydrogen (secondary N) is 2. The molecule has 9 rings (SSSR count). The van der Waals surface area contributed by atoms with Gasteiger partial charge in [-0.3, -0.25) is 0 Å². The van der Waals surface area contributed by atoms with Gasteiger partial charge in [0.05, 0.1) is 45.0 Å². The Morgan fingerprint density at radius 3 is 0.964 bits per heavy atom. The van der Waals surface area contributed by atoms with E-state index >= 15 is 0 Å². The van der Waals surface area contributed by atoms with Crippen LogP contribution in [0.2, 0.25) is 0 Å². The Morgan fingerprint density at radius 1 is 0.349 bits per heavy atom. The van der Waals surface area contributed by atoms with Crippen LogP contribution in [0.4, 0.5) is 0 Å². The second kappa shape index (κ2) is 23.7. The minimum Gasteiger partial charge on any atom is -0.478 e. The first kappa shape index (κ1) is 59.6. The third-order valence-corrected chi connectivity index (χ3v) is 16.7. The van der Waals surface area contributed by atoms with Gasteiger partial charge in [-0.15, -0.1) is 0 Å². The quantitative estimate of drug-likeness (QED) is 0.0802. The molecule has 0 atom stereocenters. The minimum absolute atomic E-state index is 0.168. The molecule has 0 radical (unpaired) electrons. The second-order valence-electron chi connectivity index (χ2n) is 25.7. The fourth-order valence-electron chi connectivity index (χ4n) is 12.0. The maximum atomic E-state index is 12.5. The predicted octanol–water partition coefficient (Wildman–Crippen LogP) is 20.6. The number of aromatic amines is 2. The van der Waals surface area contributed by atoms with Crippen molar-refractivity contribution in [2.24, 2.45) is 0 Å². The molecule has 8 nitrogen and oxygen atoms in total. The predicted molar refractivity (Wildman–Crippen MR) is 348 cm³/mol. The molecular formula is C75H84N4O4. The molecule has 2 aliphatic heterocycles. The molecule has 428 valence electrons. The summed E-state index contributed by atoms with van der Waals surface area (Å²) < 4.78 is 0. The second-order valence-corrected chi connectivity index (χ2v) is 25.7. The fraction of sp³-hybridized carbons (Fsp3) is 0.360. The largest absolute Gasteiger partial charge is 0.478 e. The van der Waals surface area contributed by atoms with E-state index in [2.05, 4.69) is 225 Å². The van der Waals surface area contributed by atoms with Crippen molar-refractivity contribution in [3.8, 4) is 45.2 Å². The van der Waals surface area contributed by atoms with E-state index in [1.54, 1.807) is 6.07 Å². The number of carboxylic acids is 2. The van der Waals surface area contributed by atoms with Crippen LogP contribution in [-0.2, 0) is 0 Å². The number of H-pyrrole nitrogens is 2. The number of rotatable bonds is 14. The van der Waals surface area contributed by atoms with E-state index in [1.807, 2.05) is 6.08 Å². The summed E-state index contributed by atoms with van der Waals surface area (Å²) in [6.07, 6.45) is 8.57. The molecule has 0 fully saturated rings. The van der Waals surface area contributed by atoms with Crippen LogP contribution in [0, 0.1) is 11.8 Å². The van der Waals surface area contributed by atoms with E-state index in [4.69, 9.17) is 9.97 Å². The van der Waals surface area contributed by atoms with Crippen molar-refractivity contribution in [2.75, 3.05) is 0 Å². The average Bonchev–Trinajstić information content (AvgIpc) is 2.63. The number of fused-ring (bicyclic) bond motifs is 8. The monoisotopic (exact) mass is 1100 g/mol. The third-order valence-electron chi connectivity index (χ3n) is 16.7. The summed E-state index contributed by atoms with van der Waals surface area (Å²) in [4.78, 5) is 44.3. The molecule has 0 saturated carbocycles. The van der Waals surface area contributed by atoms with Crippen LogP contribution in [0.5, 0.6) is 0 Å². The highest BCUT2D eigenvalue weighted by Gasteiger charge is 2.29. The third kappa shape index (κ3) is 11.6. The van der Waals surface area contributed by atoms with Crippen molar-refractivity contribution in [3.63, 3.8) is 0 Å². The topological polar surface area (TPSA) is 132 Å². The standard InChI is InChI=1S/C75H84N4O4/c1-38(2)48-32-53(41(7)8)68(54(33-48)42(9)10)71-62-25-23-60(76-62)52(22-20-47-19-21-51(74(80)81)59(31-47)75(82)83)61-24-26-63(77-61)72(69-55(43(11)12)34-49(39(3)4)35-56(69)44(13)14)65-28-30-67(79-65)73(66-29-27-64(71)78-66)70-57(45(15)16)36-50(40(5)6)37-58(70)46(17)18/h19,21,23-46,76,79H,1-18H3,(H,80,81)(H,82,83). The van der Waals surface area contributed by atoms with Gasteiger partial charge in [0.1, 0.15) is 0 Å². The number of aromatic nitrogens is 4. The summed E-state index contributed by atoms with van der Waals surface area (Å²) in [7, 11) is 0. The lowest BCUT2D eigenvalue weighted by atomic mass is 9.81. The summed E-state index contributed by atoms with van der Waals surface area (Å²) in [5.74, 6) is 6.09. The number of nitrogens with zero attached hydrogens (tertiary/aromatic N) is 2. The van der Waals surface area contributed by atoms with Gasteiger partial charge in [0, 0.05) is 38.8 Å². The van der Waals surface area contributed by atoms with Gasteiger partial charge >= 0.3 is 11.9 Å². The maximum Gasteiger partial charge on any atom is 0.336 e. The molecular weight excluding hydrogens is 1020 g/mol. The van der Waals surface area contributed by atoms with Crippen molar-refractivity contribution in [1.82, 2.24) is 19.9 Å². The summed E-state index contributed by atoms with van der Waals surface area (Å²) >= 11 is 0. The first-order valence-electron chi connectivity index (χ1n) is 30.1. The lowest BCUT2D eigenvalue weighted by molar-refractivity contribution is 0.0651. The van der Waals surface area contributed by atoms with E-state index in [9.17, 15) is 19.8 Å². The Hall–Kier alpha value is -8.02. The van der Waals surface area contributed by atoms with Crippen LogP contribution in [0.3, 0.4) is 0 Å². The molecule has 2 aliphatic rings. The van der Waals surface area contributed by atoms with Crippen molar-refractivity contribution >= 4 is 58.3 Å². The number of hydrogen-bond donors (Lipinski definition) is 4. The van der Waals surface area contributed by atoms with Crippen molar-refractivity contribution in [3.05, 3.63) is 174 Å². The van der Waals surface area contributed by atoms with Gasteiger partial charge in [-0.2, -0.15) is 0 Å². The summed E-state index contributed by atoms with van der Waals surface area (Å²) in [5, 5.41) is 20.1. The van der Waals surface area contributed by atoms with Crippen molar-refractivity contribution in [2.45, 2.75) is 178 Å². The normalized spacial score (nSPS) is 12.5. The van der Waals surface area contributed by atoms with Gasteiger partial charge in [-0.25, -0.2) is 19.6 Å². The van der Waals surface area contributed by atoms with Crippen LogP contribution in [0.1, 0.15) is 283 Å². The number of carboxylic acid groups (broad SMARTS) is 2. The van der Waals surface area contributed by atoms with Gasteiger partial charge in [0.25, 0.3) is 0 Å². The molecule has 83 heavy (non-hydrogen) atoms. The zero-order valence-electron chi connectivity index (χ0n) is 52.1. The van der Waals surface area contributed by atoms with Crippen molar-refractivity contribution < 1.29 is 19.8 Å². The molecule has 4 N–H and O–H groups in total. The van der Waals surface area contributed by atoms with Crippen LogP contribution < -0.4 is 0 Å². The van der Waals surface area contributed by atoms with E-state index < -0.39 is 11.9 Å². The van der Waals surface area contributed by atoms with Gasteiger partial charge < -0.3 is 20.2 Å². The van der Waals surface area contributed by atoms with Gasteiger partial charge in [0.15, 0.2) is 0 Å². The van der Waals surface area contributed by atoms with Crippen LogP contribution >= 0.6 is 0 Å². The van der Waals surface area contributed by atoms with E-state index in [0.717, 1.165) is 61.4 Å². The molecule has 3 aromatic heterocycles. The SMILES string of the molecule is CC(C)c1cc(C(C)C)c(-c2c3nc(c(-c4c(C(C)C)cc(C(C)C)cc4C(C)C)c4ccc([nH]4)c(-c4c(C(C)C)cc(C(C)C)cc4C(C)C)c4nc(c(C#Cc5ccc(C(=O)O)c(C(=O)O)c5)c5ccc2[nH]5)C=C4)C=C3)c(C(C)C)c1. The average molecular weight is 1110 g/mol. The Balaban J connectivity index is 1.57. The van der Waals surface area contributed by atoms with Crippen LogP contribution in [0.15, 0.2) is 78.9 Å². The first-order valence-corrected chi connectivity index (χ1v) is 30.1. The molecule has 0 amide bonds. The first-order chi connectivity index (χ1) is 39.2. The van der Waals surface area contributed by atoms with E-state index in [-0.39, 0.29) is 46.6 Å². The van der Waals surface area contributed by atoms with Gasteiger partial charge in [-0.05, 0) is 187 Å². The van der Waals surface area contributed by atoms with Crippen LogP contribution in [0.25, 0.3) is 79.8 Å². The zero-order chi connectivity index (χ0) is 60.2. The molecule has 0 spiro atoms. The highest BCUT2D eigenvalue weighted by atomic mass is 16.4. The van der Waals surface area contributed by atoms with Crippen LogP contribution in [-0.4, -0.2) is 42.1 Å². The summed E-state index contributed by atoms with van der Waals surface area (Å²) in [6, 6.07) is 27.3. The molecule has 8 bridgehead atoms. The number of aromatic carboxylic acids is 2. The molecule has 0 unspecified atom stereocenters. The molecule has 4 aromatic carbocycles. The highest BCUT2D eigenvalue weighted by Crippen LogP contribution is 2.48. The number of carbonyl (C=O) groups is 2. The number of benzene rings is 4. The number of hydrogen-bond acceptors (Lipinski definition) is 4. The molecule has 7 aromatic rings. The molecule has 0 saturated heterocycles. The summed E-state index contributed by atoms with van der Waals surface area (Å²) in [5.41, 5.74) is 24.9. The minimum atomic E-state index is -1.34. The highest BCUT2D eigenvalue weighted by molar-refractivity contribution is 6.03. The van der Waals surface area contributed by atoms with E-state index in [1.165, 1.54) is 67.8 Å². The molecule has 8 heteroatoms. The Bertz CT molecular complexity index is 3880. The van der Waals surface area contributed by atoms with Gasteiger partial charge in [0.2, 0.25) is 0 Å². The van der Waals surface area contributed by atoms with Gasteiger partial charge in [-0.1, -0.05) is 173 Å². The smallest absolute Gasteiger partial charge is 0.336 e. The van der Waals surface area contributed by atoms with E-state index in [0.29, 0.717) is 40.1 Å². The lowest BCUT2D eigenvalue weighted by Crippen LogP contribution is -2.08. The Morgan fingerprint density at radius 2 is 0.651 bits per heavy atom. The Labute approximate surface area is 492 Å². The maximum absolute atomic E-state index is 12.5. The zero-order valence-corrected chi connectivity index (χ0v) is 52.1. The van der Waals surface area contributed by atoms with Crippen molar-refractivity contribution in [1.29, 1.82) is 0 Å². The molecule has 5 heterocycles.